The number of hydrogen-bond acceptors (Lipinski definition) is 5. The molecule has 0 unspecified atom stereocenters. The molecule has 0 aliphatic heterocycles. The molecule has 0 fully saturated rings. The van der Waals surface area contributed by atoms with Crippen molar-refractivity contribution in [2.75, 3.05) is 16.4 Å². The second-order valence-electron chi connectivity index (χ2n) is 4.17. The molecule has 0 bridgehead atoms. The Bertz CT molecular complexity index is 565. The molecule has 1 aromatic heterocycles. The number of benzene rings is 1. The number of rotatable bonds is 5. The molecule has 0 radical (unpaired) electrons. The van der Waals surface area contributed by atoms with Gasteiger partial charge in [0.1, 0.15) is 0 Å². The highest BCUT2D eigenvalue weighted by Crippen LogP contribution is 2.25. The maximum absolute atomic E-state index is 5.26. The third kappa shape index (κ3) is 4.73. The van der Waals surface area contributed by atoms with Gasteiger partial charge in [0.2, 0.25) is 5.13 Å². The first-order chi connectivity index (χ1) is 9.67. The van der Waals surface area contributed by atoms with Gasteiger partial charge in [-0.05, 0) is 37.7 Å². The predicted octanol–water partition coefficient (Wildman–Crippen LogP) is 4.16. The largest absolute Gasteiger partial charge is 0.332 e. The Kier molecular flexibility index (Phi) is 5.75. The van der Waals surface area contributed by atoms with Crippen LogP contribution in [0.5, 0.6) is 0 Å². The van der Waals surface area contributed by atoms with Gasteiger partial charge < -0.3 is 10.6 Å². The summed E-state index contributed by atoms with van der Waals surface area (Å²) >= 11 is 8.49. The van der Waals surface area contributed by atoms with Crippen molar-refractivity contribution in [1.82, 2.24) is 10.2 Å². The standard InChI is InChI=1S/C13H16N4S3/c1-3-8-19-13-17-16-12(20-13)15-11(18)14-10-6-4-9(2)5-7-10/h4-7H,3,8H2,1-2H3,(H2,14,15,16,18). The number of thiocarbonyl (C=S) groups is 1. The van der Waals surface area contributed by atoms with Gasteiger partial charge >= 0.3 is 0 Å². The molecule has 0 atom stereocenters. The van der Waals surface area contributed by atoms with Crippen LogP contribution in [0.15, 0.2) is 28.6 Å². The van der Waals surface area contributed by atoms with E-state index in [1.165, 1.54) is 16.9 Å². The number of aromatic nitrogens is 2. The quantitative estimate of drug-likeness (QED) is 0.636. The van der Waals surface area contributed by atoms with Crippen molar-refractivity contribution in [2.24, 2.45) is 0 Å². The van der Waals surface area contributed by atoms with Crippen molar-refractivity contribution in [2.45, 2.75) is 24.6 Å². The van der Waals surface area contributed by atoms with Gasteiger partial charge in [-0.25, -0.2) is 0 Å². The molecule has 106 valence electrons. The van der Waals surface area contributed by atoms with Gasteiger partial charge in [0.15, 0.2) is 9.45 Å². The fraction of sp³-hybridized carbons (Fsp3) is 0.308. The third-order valence-electron chi connectivity index (χ3n) is 2.37. The highest BCUT2D eigenvalue weighted by Gasteiger charge is 2.06. The second kappa shape index (κ2) is 7.56. The zero-order valence-electron chi connectivity index (χ0n) is 11.3. The van der Waals surface area contributed by atoms with E-state index in [2.05, 4.69) is 34.7 Å². The first kappa shape index (κ1) is 15.2. The summed E-state index contributed by atoms with van der Waals surface area (Å²) in [7, 11) is 0. The molecule has 7 heteroatoms. The molecule has 0 amide bonds. The van der Waals surface area contributed by atoms with Crippen LogP contribution in [-0.4, -0.2) is 21.1 Å². The van der Waals surface area contributed by atoms with E-state index in [1.54, 1.807) is 11.8 Å². The molecule has 2 aromatic rings. The lowest BCUT2D eigenvalue weighted by Crippen LogP contribution is -2.18. The lowest BCUT2D eigenvalue weighted by atomic mass is 10.2. The van der Waals surface area contributed by atoms with Gasteiger partial charge in [-0.2, -0.15) is 0 Å². The summed E-state index contributed by atoms with van der Waals surface area (Å²) in [5.74, 6) is 1.06. The lowest BCUT2D eigenvalue weighted by Gasteiger charge is -2.07. The molecule has 2 rings (SSSR count). The van der Waals surface area contributed by atoms with Crippen LogP contribution in [0, 0.1) is 6.92 Å². The Morgan fingerprint density at radius 3 is 2.70 bits per heavy atom. The summed E-state index contributed by atoms with van der Waals surface area (Å²) < 4.78 is 0.965. The van der Waals surface area contributed by atoms with Crippen LogP contribution < -0.4 is 10.6 Å². The number of aryl methyl sites for hydroxylation is 1. The van der Waals surface area contributed by atoms with Crippen LogP contribution in [0.1, 0.15) is 18.9 Å². The SMILES string of the molecule is CCCSc1nnc(NC(=S)Nc2ccc(C)cc2)s1. The van der Waals surface area contributed by atoms with Crippen LogP contribution in [-0.2, 0) is 0 Å². The van der Waals surface area contributed by atoms with E-state index in [0.717, 1.165) is 22.2 Å². The maximum atomic E-state index is 5.26. The Morgan fingerprint density at radius 2 is 2.00 bits per heavy atom. The molecular formula is C13H16N4S3. The highest BCUT2D eigenvalue weighted by molar-refractivity contribution is 8.01. The van der Waals surface area contributed by atoms with Crippen molar-refractivity contribution < 1.29 is 0 Å². The molecule has 0 aliphatic carbocycles. The first-order valence-corrected chi connectivity index (χ1v) is 8.49. The van der Waals surface area contributed by atoms with Crippen LogP contribution in [0.3, 0.4) is 0 Å². The normalized spacial score (nSPS) is 10.3. The van der Waals surface area contributed by atoms with E-state index in [4.69, 9.17) is 12.2 Å². The van der Waals surface area contributed by atoms with E-state index >= 15 is 0 Å². The smallest absolute Gasteiger partial charge is 0.212 e. The van der Waals surface area contributed by atoms with Crippen molar-refractivity contribution in [3.05, 3.63) is 29.8 Å². The summed E-state index contributed by atoms with van der Waals surface area (Å²) in [5, 5.41) is 15.6. The minimum absolute atomic E-state index is 0.525. The van der Waals surface area contributed by atoms with Gasteiger partial charge in [-0.1, -0.05) is 47.7 Å². The topological polar surface area (TPSA) is 49.8 Å². The van der Waals surface area contributed by atoms with Crippen LogP contribution in [0.4, 0.5) is 10.8 Å². The zero-order valence-corrected chi connectivity index (χ0v) is 13.8. The Labute approximate surface area is 132 Å². The average Bonchev–Trinajstić information content (AvgIpc) is 2.86. The molecule has 0 spiro atoms. The summed E-state index contributed by atoms with van der Waals surface area (Å²) in [6.07, 6.45) is 1.13. The molecule has 4 nitrogen and oxygen atoms in total. The van der Waals surface area contributed by atoms with Gasteiger partial charge in [0.25, 0.3) is 0 Å². The molecule has 0 saturated heterocycles. The predicted molar refractivity (Wildman–Crippen MR) is 91.9 cm³/mol. The molecule has 0 saturated carbocycles. The average molecular weight is 325 g/mol. The van der Waals surface area contributed by atoms with Crippen molar-refractivity contribution in [1.29, 1.82) is 0 Å². The highest BCUT2D eigenvalue weighted by atomic mass is 32.2. The maximum Gasteiger partial charge on any atom is 0.212 e. The molecule has 1 aromatic carbocycles. The fourth-order valence-corrected chi connectivity index (χ4v) is 3.37. The summed E-state index contributed by atoms with van der Waals surface area (Å²) in [5.41, 5.74) is 2.18. The molecule has 1 heterocycles. The fourth-order valence-electron chi connectivity index (χ4n) is 1.40. The van der Waals surface area contributed by atoms with E-state index < -0.39 is 0 Å². The molecule has 20 heavy (non-hydrogen) atoms. The minimum Gasteiger partial charge on any atom is -0.332 e. The summed E-state index contributed by atoms with van der Waals surface area (Å²) in [6.45, 7) is 4.20. The Balaban J connectivity index is 1.87. The number of thioether (sulfide) groups is 1. The summed E-state index contributed by atoms with van der Waals surface area (Å²) in [4.78, 5) is 0. The monoisotopic (exact) mass is 324 g/mol. The van der Waals surface area contributed by atoms with Crippen molar-refractivity contribution in [3.63, 3.8) is 0 Å². The van der Waals surface area contributed by atoms with Gasteiger partial charge in [0.05, 0.1) is 0 Å². The number of anilines is 2. The van der Waals surface area contributed by atoms with E-state index in [0.29, 0.717) is 10.2 Å². The lowest BCUT2D eigenvalue weighted by molar-refractivity contribution is 1.01. The Hall–Kier alpha value is -1.18. The van der Waals surface area contributed by atoms with Crippen LogP contribution in [0.2, 0.25) is 0 Å². The molecule has 2 N–H and O–H groups in total. The molecular weight excluding hydrogens is 308 g/mol. The number of hydrogen-bond donors (Lipinski definition) is 2. The van der Waals surface area contributed by atoms with Gasteiger partial charge in [0, 0.05) is 11.4 Å². The summed E-state index contributed by atoms with van der Waals surface area (Å²) in [6, 6.07) is 8.06. The van der Waals surface area contributed by atoms with E-state index in [-0.39, 0.29) is 0 Å². The Morgan fingerprint density at radius 1 is 1.25 bits per heavy atom. The number of nitrogens with zero attached hydrogens (tertiary/aromatic N) is 2. The van der Waals surface area contributed by atoms with Crippen molar-refractivity contribution in [3.8, 4) is 0 Å². The van der Waals surface area contributed by atoms with Crippen molar-refractivity contribution >= 4 is 51.2 Å². The van der Waals surface area contributed by atoms with Gasteiger partial charge in [-0.15, -0.1) is 10.2 Å². The van der Waals surface area contributed by atoms with E-state index in [1.807, 2.05) is 24.3 Å². The zero-order chi connectivity index (χ0) is 14.4. The van der Waals surface area contributed by atoms with E-state index in [9.17, 15) is 0 Å². The second-order valence-corrected chi connectivity index (χ2v) is 6.89. The minimum atomic E-state index is 0.525. The molecule has 0 aliphatic rings. The third-order valence-corrected chi connectivity index (χ3v) is 4.75. The van der Waals surface area contributed by atoms with Crippen LogP contribution in [0.25, 0.3) is 0 Å². The number of nitrogens with one attached hydrogen (secondary N) is 2. The van der Waals surface area contributed by atoms with Gasteiger partial charge in [-0.3, -0.25) is 0 Å². The van der Waals surface area contributed by atoms with Crippen LogP contribution >= 0.6 is 35.3 Å². The first-order valence-electron chi connectivity index (χ1n) is 6.28.